The Kier molecular flexibility index (Phi) is 4.24. The maximum absolute atomic E-state index is 12.2. The predicted molar refractivity (Wildman–Crippen MR) is 80.6 cm³/mol. The van der Waals surface area contributed by atoms with Crippen LogP contribution in [0.5, 0.6) is 0 Å². The second kappa shape index (κ2) is 5.78. The summed E-state index contributed by atoms with van der Waals surface area (Å²) >= 11 is 3.14. The zero-order chi connectivity index (χ0) is 15.6. The van der Waals surface area contributed by atoms with Gasteiger partial charge in [-0.1, -0.05) is 6.07 Å². The van der Waals surface area contributed by atoms with E-state index in [1.807, 2.05) is 0 Å². The summed E-state index contributed by atoms with van der Waals surface area (Å²) in [6.45, 7) is 1.58. The van der Waals surface area contributed by atoms with Crippen molar-refractivity contribution in [2.24, 2.45) is 0 Å². The van der Waals surface area contributed by atoms with E-state index in [4.69, 9.17) is 0 Å². The molecular weight excluding hydrogens is 362 g/mol. The summed E-state index contributed by atoms with van der Waals surface area (Å²) in [4.78, 5) is 14.0. The molecule has 0 aliphatic heterocycles. The summed E-state index contributed by atoms with van der Waals surface area (Å²) < 4.78 is 27.2. The van der Waals surface area contributed by atoms with Crippen molar-refractivity contribution < 1.29 is 13.3 Å². The van der Waals surface area contributed by atoms with Crippen molar-refractivity contribution in [3.8, 4) is 0 Å². The quantitative estimate of drug-likeness (QED) is 0.657. The van der Waals surface area contributed by atoms with Crippen molar-refractivity contribution >= 4 is 37.3 Å². The Hall–Kier alpha value is -2.00. The SMILES string of the molecule is Cc1ccc(NS(=O)(=O)c2cncc(Br)c2)cc1[N+](=O)[O-]. The second-order valence-electron chi connectivity index (χ2n) is 4.20. The zero-order valence-electron chi connectivity index (χ0n) is 10.8. The highest BCUT2D eigenvalue weighted by molar-refractivity contribution is 9.10. The lowest BCUT2D eigenvalue weighted by molar-refractivity contribution is -0.385. The third-order valence-corrected chi connectivity index (χ3v) is 4.43. The van der Waals surface area contributed by atoms with Crippen LogP contribution in [-0.2, 0) is 10.0 Å². The molecule has 0 amide bonds. The lowest BCUT2D eigenvalue weighted by atomic mass is 10.2. The van der Waals surface area contributed by atoms with Gasteiger partial charge in [-0.3, -0.25) is 19.8 Å². The van der Waals surface area contributed by atoms with Gasteiger partial charge in [0.25, 0.3) is 15.7 Å². The van der Waals surface area contributed by atoms with Crippen LogP contribution in [0.1, 0.15) is 5.56 Å². The van der Waals surface area contributed by atoms with Crippen molar-refractivity contribution in [3.63, 3.8) is 0 Å². The number of anilines is 1. The number of nitro groups is 1. The van der Waals surface area contributed by atoms with Crippen molar-refractivity contribution in [1.82, 2.24) is 4.98 Å². The van der Waals surface area contributed by atoms with E-state index >= 15 is 0 Å². The van der Waals surface area contributed by atoms with Crippen LogP contribution in [0.25, 0.3) is 0 Å². The number of sulfonamides is 1. The summed E-state index contributed by atoms with van der Waals surface area (Å²) in [7, 11) is -3.86. The summed E-state index contributed by atoms with van der Waals surface area (Å²) in [5.74, 6) is 0. The van der Waals surface area contributed by atoms with Gasteiger partial charge in [-0.05, 0) is 35.0 Å². The van der Waals surface area contributed by atoms with E-state index in [-0.39, 0.29) is 16.3 Å². The number of nitrogens with one attached hydrogen (secondary N) is 1. The van der Waals surface area contributed by atoms with Gasteiger partial charge in [0.1, 0.15) is 4.90 Å². The van der Waals surface area contributed by atoms with Crippen LogP contribution in [0.2, 0.25) is 0 Å². The maximum atomic E-state index is 12.2. The van der Waals surface area contributed by atoms with E-state index in [2.05, 4.69) is 25.6 Å². The average Bonchev–Trinajstić information content (AvgIpc) is 2.40. The minimum absolute atomic E-state index is 0.0416. The third-order valence-electron chi connectivity index (χ3n) is 2.65. The fourth-order valence-corrected chi connectivity index (χ4v) is 3.18. The Labute approximate surface area is 129 Å². The smallest absolute Gasteiger partial charge is 0.274 e. The van der Waals surface area contributed by atoms with Gasteiger partial charge in [-0.25, -0.2) is 8.42 Å². The summed E-state index contributed by atoms with van der Waals surface area (Å²) in [5, 5.41) is 10.9. The van der Waals surface area contributed by atoms with Crippen LogP contribution < -0.4 is 4.72 Å². The molecule has 0 fully saturated rings. The third kappa shape index (κ3) is 3.56. The molecule has 0 aliphatic carbocycles. The Bertz CT molecular complexity index is 808. The highest BCUT2D eigenvalue weighted by Crippen LogP contribution is 2.24. The van der Waals surface area contributed by atoms with Crippen LogP contribution in [0, 0.1) is 17.0 Å². The molecule has 0 unspecified atom stereocenters. The molecule has 1 aromatic heterocycles. The van der Waals surface area contributed by atoms with Crippen molar-refractivity contribution in [3.05, 3.63) is 56.8 Å². The number of aryl methyl sites for hydroxylation is 1. The van der Waals surface area contributed by atoms with Gasteiger partial charge in [0.05, 0.1) is 10.6 Å². The Morgan fingerprint density at radius 3 is 2.62 bits per heavy atom. The number of rotatable bonds is 4. The van der Waals surface area contributed by atoms with Gasteiger partial charge in [0, 0.05) is 28.5 Å². The first kappa shape index (κ1) is 15.4. The number of aromatic nitrogens is 1. The Morgan fingerprint density at radius 2 is 2.00 bits per heavy atom. The molecule has 7 nitrogen and oxygen atoms in total. The van der Waals surface area contributed by atoms with Gasteiger partial charge in [0.2, 0.25) is 0 Å². The Balaban J connectivity index is 2.37. The van der Waals surface area contributed by atoms with Crippen molar-refractivity contribution in [2.45, 2.75) is 11.8 Å². The molecule has 110 valence electrons. The van der Waals surface area contributed by atoms with E-state index in [1.165, 1.54) is 36.7 Å². The van der Waals surface area contributed by atoms with E-state index in [0.717, 1.165) is 0 Å². The number of hydrogen-bond donors (Lipinski definition) is 1. The molecule has 0 aliphatic rings. The Morgan fingerprint density at radius 1 is 1.29 bits per heavy atom. The first-order chi connectivity index (χ1) is 9.79. The molecule has 2 rings (SSSR count). The molecule has 2 aromatic rings. The lowest BCUT2D eigenvalue weighted by Crippen LogP contribution is -2.13. The maximum Gasteiger partial charge on any atom is 0.274 e. The molecule has 1 N–H and O–H groups in total. The number of nitrogens with zero attached hydrogens (tertiary/aromatic N) is 2. The van der Waals surface area contributed by atoms with Crippen molar-refractivity contribution in [2.75, 3.05) is 4.72 Å². The highest BCUT2D eigenvalue weighted by Gasteiger charge is 2.17. The molecule has 0 saturated carbocycles. The zero-order valence-corrected chi connectivity index (χ0v) is 13.2. The van der Waals surface area contributed by atoms with Gasteiger partial charge < -0.3 is 0 Å². The molecule has 0 atom stereocenters. The minimum atomic E-state index is -3.86. The molecule has 9 heteroatoms. The van der Waals surface area contributed by atoms with E-state index in [0.29, 0.717) is 10.0 Å². The summed E-state index contributed by atoms with van der Waals surface area (Å²) in [6, 6.07) is 5.51. The van der Waals surface area contributed by atoms with E-state index in [1.54, 1.807) is 6.92 Å². The molecule has 0 spiro atoms. The van der Waals surface area contributed by atoms with Gasteiger partial charge in [0.15, 0.2) is 0 Å². The fourth-order valence-electron chi connectivity index (χ4n) is 1.62. The minimum Gasteiger partial charge on any atom is -0.279 e. The van der Waals surface area contributed by atoms with Gasteiger partial charge in [-0.15, -0.1) is 0 Å². The number of benzene rings is 1. The normalized spacial score (nSPS) is 11.1. The largest absolute Gasteiger partial charge is 0.279 e. The molecular formula is C12H10BrN3O4S. The number of hydrogen-bond acceptors (Lipinski definition) is 5. The van der Waals surface area contributed by atoms with Gasteiger partial charge >= 0.3 is 0 Å². The highest BCUT2D eigenvalue weighted by atomic mass is 79.9. The molecule has 0 radical (unpaired) electrons. The van der Waals surface area contributed by atoms with Crippen LogP contribution in [-0.4, -0.2) is 18.3 Å². The summed E-state index contributed by atoms with van der Waals surface area (Å²) in [6.07, 6.45) is 2.64. The topological polar surface area (TPSA) is 102 Å². The van der Waals surface area contributed by atoms with E-state index in [9.17, 15) is 18.5 Å². The second-order valence-corrected chi connectivity index (χ2v) is 6.80. The van der Waals surface area contributed by atoms with Gasteiger partial charge in [-0.2, -0.15) is 0 Å². The van der Waals surface area contributed by atoms with Crippen LogP contribution in [0.3, 0.4) is 0 Å². The molecule has 0 saturated heterocycles. The molecule has 21 heavy (non-hydrogen) atoms. The fraction of sp³-hybridized carbons (Fsp3) is 0.0833. The van der Waals surface area contributed by atoms with Crippen LogP contribution in [0.15, 0.2) is 46.0 Å². The van der Waals surface area contributed by atoms with E-state index < -0.39 is 14.9 Å². The number of pyridine rings is 1. The first-order valence-electron chi connectivity index (χ1n) is 5.68. The number of nitro benzene ring substituents is 1. The predicted octanol–water partition coefficient (Wildman–Crippen LogP) is 2.86. The molecule has 1 heterocycles. The monoisotopic (exact) mass is 371 g/mol. The summed E-state index contributed by atoms with van der Waals surface area (Å²) in [5.41, 5.74) is 0.418. The van der Waals surface area contributed by atoms with Crippen LogP contribution in [0.4, 0.5) is 11.4 Å². The number of halogens is 1. The van der Waals surface area contributed by atoms with Crippen LogP contribution >= 0.6 is 15.9 Å². The standard InChI is InChI=1S/C12H10BrN3O4S/c1-8-2-3-10(5-12(8)16(17)18)15-21(19,20)11-4-9(13)6-14-7-11/h2-7,15H,1H3. The molecule has 1 aromatic carbocycles. The first-order valence-corrected chi connectivity index (χ1v) is 7.95. The average molecular weight is 372 g/mol. The van der Waals surface area contributed by atoms with Crippen molar-refractivity contribution in [1.29, 1.82) is 0 Å². The molecule has 0 bridgehead atoms. The lowest BCUT2D eigenvalue weighted by Gasteiger charge is -2.08.